The Labute approximate surface area is 190 Å². The summed E-state index contributed by atoms with van der Waals surface area (Å²) in [7, 11) is 1.87. The number of nitrogens with two attached hydrogens (primary N) is 1. The molecule has 0 aliphatic carbocycles. The van der Waals surface area contributed by atoms with Gasteiger partial charge in [-0.2, -0.15) is 0 Å². The van der Waals surface area contributed by atoms with Gasteiger partial charge in [-0.15, -0.1) is 0 Å². The molecule has 0 fully saturated rings. The molecule has 0 unspecified atom stereocenters. The van der Waals surface area contributed by atoms with Crippen LogP contribution in [0.3, 0.4) is 0 Å². The van der Waals surface area contributed by atoms with Gasteiger partial charge in [0, 0.05) is 19.6 Å². The van der Waals surface area contributed by atoms with Crippen molar-refractivity contribution in [2.75, 3.05) is 30.8 Å². The van der Waals surface area contributed by atoms with E-state index in [-0.39, 0.29) is 29.9 Å². The number of amides is 1. The van der Waals surface area contributed by atoms with Crippen molar-refractivity contribution in [1.29, 1.82) is 0 Å². The van der Waals surface area contributed by atoms with E-state index >= 15 is 0 Å². The minimum absolute atomic E-state index is 0.0368. The number of aryl methyl sites for hydroxylation is 1. The van der Waals surface area contributed by atoms with E-state index < -0.39 is 11.2 Å². The number of H-pyrrole nitrogens is 1. The SMILES string of the molecule is CCCCN(C(=O)CN(C)Cc1ccc(CC)cc1)c1c(N)n(CC(C)C)c(=O)[nH]c1=O. The molecule has 0 radical (unpaired) electrons. The van der Waals surface area contributed by atoms with Crippen molar-refractivity contribution in [3.8, 4) is 0 Å². The number of aromatic nitrogens is 2. The minimum Gasteiger partial charge on any atom is -0.383 e. The molecule has 8 nitrogen and oxygen atoms in total. The second kappa shape index (κ2) is 11.7. The highest BCUT2D eigenvalue weighted by molar-refractivity contribution is 5.96. The number of rotatable bonds is 11. The number of likely N-dealkylation sites (N-methyl/N-ethyl adjacent to an activating group) is 1. The first-order valence-electron chi connectivity index (χ1n) is 11.4. The maximum Gasteiger partial charge on any atom is 0.330 e. The molecule has 0 atom stereocenters. The molecular formula is C24H37N5O3. The Hall–Kier alpha value is -2.87. The van der Waals surface area contributed by atoms with E-state index in [0.29, 0.717) is 19.6 Å². The number of nitrogen functional groups attached to an aromatic ring is 1. The predicted molar refractivity (Wildman–Crippen MR) is 130 cm³/mol. The van der Waals surface area contributed by atoms with E-state index in [1.165, 1.54) is 15.0 Å². The van der Waals surface area contributed by atoms with Crippen LogP contribution in [0.25, 0.3) is 0 Å². The molecule has 8 heteroatoms. The van der Waals surface area contributed by atoms with Gasteiger partial charge in [-0.3, -0.25) is 24.0 Å². The quantitative estimate of drug-likeness (QED) is 0.555. The number of unbranched alkanes of at least 4 members (excludes halogenated alkanes) is 1. The average Bonchev–Trinajstić information content (AvgIpc) is 2.73. The largest absolute Gasteiger partial charge is 0.383 e. The van der Waals surface area contributed by atoms with Crippen molar-refractivity contribution in [1.82, 2.24) is 14.5 Å². The van der Waals surface area contributed by atoms with Crippen LogP contribution in [0.5, 0.6) is 0 Å². The molecule has 1 heterocycles. The van der Waals surface area contributed by atoms with Crippen LogP contribution in [-0.2, 0) is 24.3 Å². The lowest BCUT2D eigenvalue weighted by Gasteiger charge is -2.27. The zero-order valence-corrected chi connectivity index (χ0v) is 20.0. The Morgan fingerprint density at radius 3 is 2.31 bits per heavy atom. The molecule has 0 spiro atoms. The first-order valence-corrected chi connectivity index (χ1v) is 11.4. The number of anilines is 2. The highest BCUT2D eigenvalue weighted by Gasteiger charge is 2.25. The molecule has 1 aromatic heterocycles. The number of carbonyl (C=O) groups is 1. The summed E-state index contributed by atoms with van der Waals surface area (Å²) < 4.78 is 1.34. The third kappa shape index (κ3) is 6.56. The second-order valence-electron chi connectivity index (χ2n) is 8.74. The summed E-state index contributed by atoms with van der Waals surface area (Å²) in [5.74, 6) is -0.0356. The summed E-state index contributed by atoms with van der Waals surface area (Å²) in [6, 6.07) is 8.33. The fourth-order valence-electron chi connectivity index (χ4n) is 3.63. The Kier molecular flexibility index (Phi) is 9.26. The van der Waals surface area contributed by atoms with Crippen molar-refractivity contribution in [3.63, 3.8) is 0 Å². The van der Waals surface area contributed by atoms with Crippen LogP contribution in [0.4, 0.5) is 11.5 Å². The van der Waals surface area contributed by atoms with E-state index in [4.69, 9.17) is 5.73 Å². The summed E-state index contributed by atoms with van der Waals surface area (Å²) in [5, 5.41) is 0. The molecular weight excluding hydrogens is 406 g/mol. The number of hydrogen-bond acceptors (Lipinski definition) is 5. The lowest BCUT2D eigenvalue weighted by molar-refractivity contribution is -0.119. The summed E-state index contributed by atoms with van der Waals surface area (Å²) in [4.78, 5) is 43.9. The highest BCUT2D eigenvalue weighted by atomic mass is 16.2. The van der Waals surface area contributed by atoms with Crippen LogP contribution in [-0.4, -0.2) is 40.5 Å². The topological polar surface area (TPSA) is 104 Å². The fraction of sp³-hybridized carbons (Fsp3) is 0.542. The monoisotopic (exact) mass is 443 g/mol. The van der Waals surface area contributed by atoms with E-state index in [9.17, 15) is 14.4 Å². The first kappa shape index (κ1) is 25.4. The summed E-state index contributed by atoms with van der Waals surface area (Å²) in [6.45, 7) is 9.50. The molecule has 0 saturated carbocycles. The normalized spacial score (nSPS) is 11.3. The third-order valence-electron chi connectivity index (χ3n) is 5.36. The zero-order valence-electron chi connectivity index (χ0n) is 20.0. The van der Waals surface area contributed by atoms with Gasteiger partial charge in [0.15, 0.2) is 5.69 Å². The van der Waals surface area contributed by atoms with Gasteiger partial charge >= 0.3 is 5.69 Å². The Balaban J connectivity index is 2.29. The summed E-state index contributed by atoms with van der Waals surface area (Å²) in [5.41, 5.74) is 7.52. The van der Waals surface area contributed by atoms with Crippen LogP contribution in [0.1, 0.15) is 51.7 Å². The van der Waals surface area contributed by atoms with Crippen LogP contribution in [0.15, 0.2) is 33.9 Å². The predicted octanol–water partition coefficient (Wildman–Crippen LogP) is 2.60. The average molecular weight is 444 g/mol. The first-order chi connectivity index (χ1) is 15.2. The second-order valence-corrected chi connectivity index (χ2v) is 8.74. The Morgan fingerprint density at radius 1 is 1.12 bits per heavy atom. The smallest absolute Gasteiger partial charge is 0.330 e. The van der Waals surface area contributed by atoms with Crippen LogP contribution < -0.4 is 21.9 Å². The molecule has 0 saturated heterocycles. The van der Waals surface area contributed by atoms with Crippen molar-refractivity contribution >= 4 is 17.4 Å². The summed E-state index contributed by atoms with van der Waals surface area (Å²) in [6.07, 6.45) is 2.55. The van der Waals surface area contributed by atoms with Crippen molar-refractivity contribution in [2.45, 2.75) is 60.0 Å². The number of hydrogen-bond donors (Lipinski definition) is 2. The van der Waals surface area contributed by atoms with E-state index in [2.05, 4.69) is 36.2 Å². The molecule has 1 amide bonds. The van der Waals surface area contributed by atoms with Crippen LogP contribution >= 0.6 is 0 Å². The van der Waals surface area contributed by atoms with E-state index in [0.717, 1.165) is 24.8 Å². The van der Waals surface area contributed by atoms with Crippen LogP contribution in [0.2, 0.25) is 0 Å². The molecule has 2 aromatic rings. The Morgan fingerprint density at radius 2 is 1.75 bits per heavy atom. The number of nitrogens with zero attached hydrogens (tertiary/aromatic N) is 3. The molecule has 1 aromatic carbocycles. The molecule has 176 valence electrons. The molecule has 0 aliphatic heterocycles. The Bertz CT molecular complexity index is 1010. The van der Waals surface area contributed by atoms with E-state index in [1.54, 1.807) is 0 Å². The van der Waals surface area contributed by atoms with E-state index in [1.807, 2.05) is 32.7 Å². The molecule has 0 aliphatic rings. The fourth-order valence-corrected chi connectivity index (χ4v) is 3.63. The standard InChI is InChI=1S/C24H37N5O3/c1-6-8-13-28(21-22(25)29(14-17(3)4)24(32)26-23(21)31)20(30)16-27(5)15-19-11-9-18(7-2)10-12-19/h9-12,17H,6-8,13-16,25H2,1-5H3,(H,26,31,32). The van der Waals surface area contributed by atoms with Gasteiger partial charge in [0.25, 0.3) is 5.56 Å². The number of nitrogens with one attached hydrogen (secondary N) is 1. The van der Waals surface area contributed by atoms with Crippen molar-refractivity contribution < 1.29 is 4.79 Å². The number of carbonyl (C=O) groups excluding carboxylic acids is 1. The molecule has 2 rings (SSSR count). The van der Waals surface area contributed by atoms with Crippen molar-refractivity contribution in [2.24, 2.45) is 5.92 Å². The van der Waals surface area contributed by atoms with Gasteiger partial charge < -0.3 is 10.6 Å². The number of benzene rings is 1. The maximum absolute atomic E-state index is 13.3. The van der Waals surface area contributed by atoms with Gasteiger partial charge in [-0.25, -0.2) is 4.79 Å². The van der Waals surface area contributed by atoms with Gasteiger partial charge in [0.05, 0.1) is 6.54 Å². The molecule has 32 heavy (non-hydrogen) atoms. The number of aromatic amines is 1. The van der Waals surface area contributed by atoms with Gasteiger partial charge in [0.1, 0.15) is 5.82 Å². The highest BCUT2D eigenvalue weighted by Crippen LogP contribution is 2.19. The minimum atomic E-state index is -0.630. The maximum atomic E-state index is 13.3. The zero-order chi connectivity index (χ0) is 23.8. The third-order valence-corrected chi connectivity index (χ3v) is 5.36. The summed E-state index contributed by atoms with van der Waals surface area (Å²) >= 11 is 0. The van der Waals surface area contributed by atoms with Gasteiger partial charge in [-0.05, 0) is 36.9 Å². The lowest BCUT2D eigenvalue weighted by Crippen LogP contribution is -2.45. The lowest BCUT2D eigenvalue weighted by atomic mass is 10.1. The van der Waals surface area contributed by atoms with Crippen LogP contribution in [0, 0.1) is 5.92 Å². The van der Waals surface area contributed by atoms with Gasteiger partial charge in [0.2, 0.25) is 5.91 Å². The van der Waals surface area contributed by atoms with Crippen molar-refractivity contribution in [3.05, 3.63) is 56.2 Å². The molecule has 3 N–H and O–H groups in total. The van der Waals surface area contributed by atoms with Gasteiger partial charge in [-0.1, -0.05) is 58.4 Å². The molecule has 0 bridgehead atoms.